The SMILES string of the molecule is CC.Cc1ccc(Cl)c(C(N)=O)c1. The van der Waals surface area contributed by atoms with Crippen LogP contribution in [-0.2, 0) is 0 Å². The molecule has 0 radical (unpaired) electrons. The first-order chi connectivity index (χ1) is 6.11. The Kier molecular flexibility index (Phi) is 5.16. The molecule has 0 unspecified atom stereocenters. The highest BCUT2D eigenvalue weighted by molar-refractivity contribution is 6.33. The van der Waals surface area contributed by atoms with Gasteiger partial charge in [-0.15, -0.1) is 0 Å². The summed E-state index contributed by atoms with van der Waals surface area (Å²) >= 11 is 5.69. The highest BCUT2D eigenvalue weighted by Gasteiger charge is 2.04. The number of benzene rings is 1. The van der Waals surface area contributed by atoms with E-state index in [1.807, 2.05) is 26.8 Å². The average Bonchev–Trinajstić information content (AvgIpc) is 2.12. The highest BCUT2D eigenvalue weighted by atomic mass is 35.5. The zero-order chi connectivity index (χ0) is 10.4. The molecule has 72 valence electrons. The highest BCUT2D eigenvalue weighted by Crippen LogP contribution is 2.16. The Morgan fingerprint density at radius 1 is 1.38 bits per heavy atom. The molecule has 13 heavy (non-hydrogen) atoms. The van der Waals surface area contributed by atoms with Crippen LogP contribution in [-0.4, -0.2) is 5.91 Å². The predicted molar refractivity (Wildman–Crippen MR) is 56.1 cm³/mol. The van der Waals surface area contributed by atoms with Crippen LogP contribution in [0.2, 0.25) is 5.02 Å². The van der Waals surface area contributed by atoms with Crippen LogP contribution in [0.5, 0.6) is 0 Å². The number of hydrogen-bond donors (Lipinski definition) is 1. The van der Waals surface area contributed by atoms with Gasteiger partial charge < -0.3 is 5.73 Å². The molecule has 1 amide bonds. The lowest BCUT2D eigenvalue weighted by molar-refractivity contribution is 0.100. The van der Waals surface area contributed by atoms with Crippen molar-refractivity contribution in [2.45, 2.75) is 20.8 Å². The summed E-state index contributed by atoms with van der Waals surface area (Å²) in [6.07, 6.45) is 0. The number of nitrogens with two attached hydrogens (primary N) is 1. The van der Waals surface area contributed by atoms with Crippen molar-refractivity contribution in [1.82, 2.24) is 0 Å². The minimum absolute atomic E-state index is 0.381. The smallest absolute Gasteiger partial charge is 0.250 e. The molecule has 2 nitrogen and oxygen atoms in total. The summed E-state index contributed by atoms with van der Waals surface area (Å²) in [4.78, 5) is 10.7. The summed E-state index contributed by atoms with van der Waals surface area (Å²) in [5, 5.41) is 0.406. The van der Waals surface area contributed by atoms with Crippen LogP contribution in [0.15, 0.2) is 18.2 Å². The quantitative estimate of drug-likeness (QED) is 0.743. The van der Waals surface area contributed by atoms with E-state index in [1.165, 1.54) is 0 Å². The lowest BCUT2D eigenvalue weighted by Gasteiger charge is -1.99. The second kappa shape index (κ2) is 5.60. The third-order valence-electron chi connectivity index (χ3n) is 1.39. The van der Waals surface area contributed by atoms with Gasteiger partial charge in [0.25, 0.3) is 0 Å². The predicted octanol–water partition coefficient (Wildman–Crippen LogP) is 2.77. The normalized spacial score (nSPS) is 8.62. The molecule has 0 aliphatic carbocycles. The molecule has 0 saturated carbocycles. The number of hydrogen-bond acceptors (Lipinski definition) is 1. The fourth-order valence-corrected chi connectivity index (χ4v) is 1.04. The van der Waals surface area contributed by atoms with Gasteiger partial charge in [0, 0.05) is 0 Å². The lowest BCUT2D eigenvalue weighted by atomic mass is 10.1. The average molecular weight is 200 g/mol. The number of aryl methyl sites for hydroxylation is 1. The second-order valence-electron chi connectivity index (χ2n) is 2.35. The lowest BCUT2D eigenvalue weighted by Crippen LogP contribution is -2.11. The van der Waals surface area contributed by atoms with Gasteiger partial charge in [0.2, 0.25) is 5.91 Å². The van der Waals surface area contributed by atoms with E-state index in [9.17, 15) is 4.79 Å². The third kappa shape index (κ3) is 3.47. The third-order valence-corrected chi connectivity index (χ3v) is 1.72. The molecular weight excluding hydrogens is 186 g/mol. The first kappa shape index (κ1) is 12.0. The van der Waals surface area contributed by atoms with E-state index in [-0.39, 0.29) is 0 Å². The standard InChI is InChI=1S/C8H8ClNO.C2H6/c1-5-2-3-7(9)6(4-5)8(10)11;1-2/h2-4H,1H3,(H2,10,11);1-2H3. The Morgan fingerprint density at radius 3 is 2.31 bits per heavy atom. The number of halogens is 1. The second-order valence-corrected chi connectivity index (χ2v) is 2.75. The van der Waals surface area contributed by atoms with Crippen molar-refractivity contribution < 1.29 is 4.79 Å². The maximum atomic E-state index is 10.7. The number of rotatable bonds is 1. The van der Waals surface area contributed by atoms with Gasteiger partial charge in [0.1, 0.15) is 0 Å². The van der Waals surface area contributed by atoms with Crippen molar-refractivity contribution in [3.05, 3.63) is 34.3 Å². The first-order valence-electron chi connectivity index (χ1n) is 4.17. The zero-order valence-corrected chi connectivity index (χ0v) is 8.85. The van der Waals surface area contributed by atoms with Gasteiger partial charge >= 0.3 is 0 Å². The molecule has 1 rings (SSSR count). The van der Waals surface area contributed by atoms with E-state index >= 15 is 0 Å². The van der Waals surface area contributed by atoms with Crippen molar-refractivity contribution in [1.29, 1.82) is 0 Å². The fourth-order valence-electron chi connectivity index (χ4n) is 0.828. The van der Waals surface area contributed by atoms with Crippen LogP contribution in [0.4, 0.5) is 0 Å². The van der Waals surface area contributed by atoms with Crippen molar-refractivity contribution in [3.8, 4) is 0 Å². The minimum Gasteiger partial charge on any atom is -0.366 e. The molecule has 0 aliphatic heterocycles. The van der Waals surface area contributed by atoms with Gasteiger partial charge in [-0.05, 0) is 19.1 Å². The molecule has 0 bridgehead atoms. The van der Waals surface area contributed by atoms with E-state index in [0.717, 1.165) is 5.56 Å². The van der Waals surface area contributed by atoms with Crippen LogP contribution < -0.4 is 5.73 Å². The molecular formula is C10H14ClNO. The molecule has 1 aromatic rings. The van der Waals surface area contributed by atoms with Crippen molar-refractivity contribution in [2.75, 3.05) is 0 Å². The van der Waals surface area contributed by atoms with Gasteiger partial charge in [-0.3, -0.25) is 4.79 Å². The Hall–Kier alpha value is -1.02. The summed E-state index contributed by atoms with van der Waals surface area (Å²) in [5.41, 5.74) is 6.42. The summed E-state index contributed by atoms with van der Waals surface area (Å²) < 4.78 is 0. The number of amides is 1. The molecule has 1 aromatic carbocycles. The summed E-state index contributed by atoms with van der Waals surface area (Å²) in [5.74, 6) is -0.487. The number of carbonyl (C=O) groups is 1. The first-order valence-corrected chi connectivity index (χ1v) is 4.55. The Balaban J connectivity index is 0.000000671. The largest absolute Gasteiger partial charge is 0.366 e. The molecule has 3 heteroatoms. The molecule has 0 aromatic heterocycles. The minimum atomic E-state index is -0.487. The van der Waals surface area contributed by atoms with Gasteiger partial charge in [0.05, 0.1) is 10.6 Å². The molecule has 0 heterocycles. The van der Waals surface area contributed by atoms with Gasteiger partial charge in [-0.1, -0.05) is 37.1 Å². The molecule has 2 N–H and O–H groups in total. The zero-order valence-electron chi connectivity index (χ0n) is 8.10. The monoisotopic (exact) mass is 199 g/mol. The molecule has 0 atom stereocenters. The maximum Gasteiger partial charge on any atom is 0.250 e. The maximum absolute atomic E-state index is 10.7. The van der Waals surface area contributed by atoms with Crippen LogP contribution >= 0.6 is 11.6 Å². The Bertz CT molecular complexity index is 297. The van der Waals surface area contributed by atoms with Crippen LogP contribution in [0.1, 0.15) is 29.8 Å². The molecule has 0 spiro atoms. The van der Waals surface area contributed by atoms with Crippen molar-refractivity contribution in [2.24, 2.45) is 5.73 Å². The Labute approximate surface area is 83.7 Å². The molecule has 0 fully saturated rings. The fraction of sp³-hybridized carbons (Fsp3) is 0.300. The number of primary amides is 1. The van der Waals surface area contributed by atoms with Gasteiger partial charge in [-0.2, -0.15) is 0 Å². The van der Waals surface area contributed by atoms with Crippen LogP contribution in [0.3, 0.4) is 0 Å². The van der Waals surface area contributed by atoms with Crippen LogP contribution in [0.25, 0.3) is 0 Å². The van der Waals surface area contributed by atoms with Crippen molar-refractivity contribution >= 4 is 17.5 Å². The van der Waals surface area contributed by atoms with E-state index in [1.54, 1.807) is 12.1 Å². The van der Waals surface area contributed by atoms with Gasteiger partial charge in [0.15, 0.2) is 0 Å². The van der Waals surface area contributed by atoms with Crippen LogP contribution in [0, 0.1) is 6.92 Å². The molecule has 0 saturated heterocycles. The summed E-state index contributed by atoms with van der Waals surface area (Å²) in [7, 11) is 0. The topological polar surface area (TPSA) is 43.1 Å². The summed E-state index contributed by atoms with van der Waals surface area (Å²) in [6.45, 7) is 5.88. The van der Waals surface area contributed by atoms with E-state index in [4.69, 9.17) is 17.3 Å². The van der Waals surface area contributed by atoms with E-state index < -0.39 is 5.91 Å². The molecule has 0 aliphatic rings. The summed E-state index contributed by atoms with van der Waals surface area (Å²) in [6, 6.07) is 5.16. The Morgan fingerprint density at radius 2 is 1.92 bits per heavy atom. The van der Waals surface area contributed by atoms with Gasteiger partial charge in [-0.25, -0.2) is 0 Å². The number of carbonyl (C=O) groups excluding carboxylic acids is 1. The van der Waals surface area contributed by atoms with Crippen molar-refractivity contribution in [3.63, 3.8) is 0 Å². The van der Waals surface area contributed by atoms with E-state index in [0.29, 0.717) is 10.6 Å². The van der Waals surface area contributed by atoms with E-state index in [2.05, 4.69) is 0 Å².